The number of piperazine rings is 1. The molecule has 3 rings (SSSR count). The van der Waals surface area contributed by atoms with Crippen molar-refractivity contribution >= 4 is 17.4 Å². The molecule has 0 bridgehead atoms. The van der Waals surface area contributed by atoms with Crippen molar-refractivity contribution in [2.45, 2.75) is 6.92 Å². The molecule has 6 heteroatoms. The van der Waals surface area contributed by atoms with Gasteiger partial charge in [0.25, 0.3) is 5.91 Å². The number of carbonyl (C=O) groups excluding carboxylic acids is 1. The SMILES string of the molecule is CCNC(=O)c1cccnc1N1CCN(c2cccc(OC)c2)CC1. The van der Waals surface area contributed by atoms with Gasteiger partial charge >= 0.3 is 0 Å². The standard InChI is InChI=1S/C19H24N4O2/c1-3-20-19(24)17-8-5-9-21-18(17)23-12-10-22(11-13-23)15-6-4-7-16(14-15)25-2/h4-9,14H,3,10-13H2,1-2H3,(H,20,24). The number of methoxy groups -OCH3 is 1. The summed E-state index contributed by atoms with van der Waals surface area (Å²) in [4.78, 5) is 21.2. The highest BCUT2D eigenvalue weighted by atomic mass is 16.5. The lowest BCUT2D eigenvalue weighted by Gasteiger charge is -2.37. The lowest BCUT2D eigenvalue weighted by atomic mass is 10.2. The van der Waals surface area contributed by atoms with Crippen LogP contribution in [-0.2, 0) is 0 Å². The summed E-state index contributed by atoms with van der Waals surface area (Å²) in [6.45, 7) is 5.91. The van der Waals surface area contributed by atoms with Crippen LogP contribution in [0, 0.1) is 0 Å². The molecule has 1 aromatic carbocycles. The van der Waals surface area contributed by atoms with Crippen LogP contribution in [0.15, 0.2) is 42.6 Å². The molecule has 6 nitrogen and oxygen atoms in total. The van der Waals surface area contributed by atoms with E-state index in [4.69, 9.17) is 4.74 Å². The highest BCUT2D eigenvalue weighted by Gasteiger charge is 2.22. The van der Waals surface area contributed by atoms with Gasteiger partial charge < -0.3 is 19.9 Å². The number of ether oxygens (including phenoxy) is 1. The van der Waals surface area contributed by atoms with Gasteiger partial charge in [0.05, 0.1) is 12.7 Å². The molecule has 0 unspecified atom stereocenters. The summed E-state index contributed by atoms with van der Waals surface area (Å²) in [6.07, 6.45) is 1.74. The average molecular weight is 340 g/mol. The molecule has 0 radical (unpaired) electrons. The van der Waals surface area contributed by atoms with Gasteiger partial charge in [0.15, 0.2) is 0 Å². The van der Waals surface area contributed by atoms with Gasteiger partial charge in [-0.2, -0.15) is 0 Å². The minimum atomic E-state index is -0.0687. The third kappa shape index (κ3) is 3.84. The fourth-order valence-electron chi connectivity index (χ4n) is 3.07. The summed E-state index contributed by atoms with van der Waals surface area (Å²) in [7, 11) is 1.68. The number of rotatable bonds is 5. The summed E-state index contributed by atoms with van der Waals surface area (Å²) in [5.74, 6) is 1.56. The number of pyridine rings is 1. The molecular formula is C19H24N4O2. The molecule has 1 N–H and O–H groups in total. The molecule has 25 heavy (non-hydrogen) atoms. The molecule has 1 aromatic heterocycles. The van der Waals surface area contributed by atoms with Gasteiger partial charge in [-0.15, -0.1) is 0 Å². The molecule has 0 saturated carbocycles. The quantitative estimate of drug-likeness (QED) is 0.904. The summed E-state index contributed by atoms with van der Waals surface area (Å²) in [5, 5.41) is 2.86. The third-order valence-electron chi connectivity index (χ3n) is 4.37. The number of hydrogen-bond donors (Lipinski definition) is 1. The Labute approximate surface area is 148 Å². The maximum atomic E-state index is 12.3. The van der Waals surface area contributed by atoms with E-state index in [9.17, 15) is 4.79 Å². The Morgan fingerprint density at radius 3 is 2.64 bits per heavy atom. The first kappa shape index (κ1) is 17.1. The van der Waals surface area contributed by atoms with Crippen molar-refractivity contribution in [3.8, 4) is 5.75 Å². The predicted molar refractivity (Wildman–Crippen MR) is 99.7 cm³/mol. The van der Waals surface area contributed by atoms with Gasteiger partial charge in [-0.1, -0.05) is 6.07 Å². The van der Waals surface area contributed by atoms with Gasteiger partial charge in [0.2, 0.25) is 0 Å². The van der Waals surface area contributed by atoms with Gasteiger partial charge in [-0.05, 0) is 31.2 Å². The lowest BCUT2D eigenvalue weighted by Crippen LogP contribution is -2.47. The van der Waals surface area contributed by atoms with Crippen molar-refractivity contribution in [1.82, 2.24) is 10.3 Å². The van der Waals surface area contributed by atoms with Crippen LogP contribution < -0.4 is 19.9 Å². The summed E-state index contributed by atoms with van der Waals surface area (Å²) in [6, 6.07) is 11.7. The molecule has 1 aliphatic heterocycles. The molecule has 0 atom stereocenters. The van der Waals surface area contributed by atoms with Crippen LogP contribution in [0.2, 0.25) is 0 Å². The van der Waals surface area contributed by atoms with E-state index in [0.29, 0.717) is 12.1 Å². The third-order valence-corrected chi connectivity index (χ3v) is 4.37. The van der Waals surface area contributed by atoms with Crippen molar-refractivity contribution in [2.24, 2.45) is 0 Å². The average Bonchev–Trinajstić information content (AvgIpc) is 2.68. The number of carbonyl (C=O) groups is 1. The molecular weight excluding hydrogens is 316 g/mol. The van der Waals surface area contributed by atoms with Crippen molar-refractivity contribution in [2.75, 3.05) is 49.6 Å². The van der Waals surface area contributed by atoms with Crippen LogP contribution in [-0.4, -0.2) is 50.7 Å². The Bertz CT molecular complexity index is 727. The molecule has 0 aliphatic carbocycles. The van der Waals surface area contributed by atoms with E-state index in [0.717, 1.165) is 43.4 Å². The number of nitrogens with one attached hydrogen (secondary N) is 1. The van der Waals surface area contributed by atoms with Crippen LogP contribution in [0.4, 0.5) is 11.5 Å². The minimum Gasteiger partial charge on any atom is -0.497 e. The Morgan fingerprint density at radius 2 is 1.92 bits per heavy atom. The molecule has 1 amide bonds. The second-order valence-corrected chi connectivity index (χ2v) is 5.91. The topological polar surface area (TPSA) is 57.7 Å². The summed E-state index contributed by atoms with van der Waals surface area (Å²) < 4.78 is 5.31. The number of benzene rings is 1. The highest BCUT2D eigenvalue weighted by molar-refractivity contribution is 5.98. The monoisotopic (exact) mass is 340 g/mol. The fourth-order valence-corrected chi connectivity index (χ4v) is 3.07. The normalized spacial score (nSPS) is 14.3. The second-order valence-electron chi connectivity index (χ2n) is 5.91. The minimum absolute atomic E-state index is 0.0687. The van der Waals surface area contributed by atoms with Crippen molar-refractivity contribution in [1.29, 1.82) is 0 Å². The Balaban J connectivity index is 1.71. The molecule has 1 aliphatic rings. The largest absolute Gasteiger partial charge is 0.497 e. The molecule has 1 saturated heterocycles. The molecule has 132 valence electrons. The number of aromatic nitrogens is 1. The summed E-state index contributed by atoms with van der Waals surface area (Å²) >= 11 is 0. The first-order valence-corrected chi connectivity index (χ1v) is 8.60. The summed E-state index contributed by atoms with van der Waals surface area (Å²) in [5.41, 5.74) is 1.79. The first-order valence-electron chi connectivity index (χ1n) is 8.60. The highest BCUT2D eigenvalue weighted by Crippen LogP contribution is 2.24. The number of anilines is 2. The van der Waals surface area contributed by atoms with E-state index in [1.807, 2.05) is 25.1 Å². The maximum Gasteiger partial charge on any atom is 0.255 e. The first-order chi connectivity index (χ1) is 12.2. The Hall–Kier alpha value is -2.76. The Kier molecular flexibility index (Phi) is 5.38. The number of amides is 1. The van der Waals surface area contributed by atoms with Gasteiger partial charge in [0.1, 0.15) is 11.6 Å². The van der Waals surface area contributed by atoms with Crippen LogP contribution in [0.1, 0.15) is 17.3 Å². The van der Waals surface area contributed by atoms with E-state index in [1.165, 1.54) is 0 Å². The lowest BCUT2D eigenvalue weighted by molar-refractivity contribution is 0.0956. The predicted octanol–water partition coefficient (Wildman–Crippen LogP) is 2.17. The fraction of sp³-hybridized carbons (Fsp3) is 0.368. The smallest absolute Gasteiger partial charge is 0.255 e. The molecule has 0 spiro atoms. The number of hydrogen-bond acceptors (Lipinski definition) is 5. The molecule has 2 heterocycles. The van der Waals surface area contributed by atoms with Crippen LogP contribution in [0.3, 0.4) is 0 Å². The van der Waals surface area contributed by atoms with Gasteiger partial charge in [-0.3, -0.25) is 4.79 Å². The van der Waals surface area contributed by atoms with E-state index in [1.54, 1.807) is 19.4 Å². The van der Waals surface area contributed by atoms with Gasteiger partial charge in [-0.25, -0.2) is 4.98 Å². The van der Waals surface area contributed by atoms with E-state index in [2.05, 4.69) is 32.2 Å². The molecule has 2 aromatic rings. The Morgan fingerprint density at radius 1 is 1.16 bits per heavy atom. The zero-order chi connectivity index (χ0) is 17.6. The zero-order valence-electron chi connectivity index (χ0n) is 14.7. The van der Waals surface area contributed by atoms with Crippen LogP contribution >= 0.6 is 0 Å². The van der Waals surface area contributed by atoms with Crippen molar-refractivity contribution in [3.05, 3.63) is 48.2 Å². The van der Waals surface area contributed by atoms with Crippen molar-refractivity contribution in [3.63, 3.8) is 0 Å². The van der Waals surface area contributed by atoms with Gasteiger partial charge in [0, 0.05) is 50.7 Å². The van der Waals surface area contributed by atoms with Crippen LogP contribution in [0.25, 0.3) is 0 Å². The number of nitrogens with zero attached hydrogens (tertiary/aromatic N) is 3. The van der Waals surface area contributed by atoms with E-state index < -0.39 is 0 Å². The zero-order valence-corrected chi connectivity index (χ0v) is 14.7. The molecule has 1 fully saturated rings. The van der Waals surface area contributed by atoms with E-state index in [-0.39, 0.29) is 5.91 Å². The van der Waals surface area contributed by atoms with Crippen molar-refractivity contribution < 1.29 is 9.53 Å². The van der Waals surface area contributed by atoms with Crippen LogP contribution in [0.5, 0.6) is 5.75 Å². The second kappa shape index (κ2) is 7.88. The maximum absolute atomic E-state index is 12.3. The van der Waals surface area contributed by atoms with E-state index >= 15 is 0 Å².